The van der Waals surface area contributed by atoms with Crippen molar-refractivity contribution in [1.82, 2.24) is 4.90 Å². The van der Waals surface area contributed by atoms with E-state index < -0.39 is 10.4 Å². The van der Waals surface area contributed by atoms with Crippen molar-refractivity contribution >= 4 is 10.4 Å². The fourth-order valence-corrected chi connectivity index (χ4v) is 0.610. The van der Waals surface area contributed by atoms with Crippen LogP contribution in [0.25, 0.3) is 0 Å². The van der Waals surface area contributed by atoms with Crippen molar-refractivity contribution in [3.63, 3.8) is 0 Å². The largest absolute Gasteiger partial charge is 0.397 e. The van der Waals surface area contributed by atoms with E-state index in [2.05, 4.69) is 4.18 Å². The van der Waals surface area contributed by atoms with Gasteiger partial charge in [0.05, 0.1) is 6.61 Å². The van der Waals surface area contributed by atoms with Crippen LogP contribution in [0, 0.1) is 0 Å². The first-order valence-electron chi connectivity index (χ1n) is 2.68. The number of hydrogen-bond acceptors (Lipinski definition) is 4. The van der Waals surface area contributed by atoms with E-state index in [0.717, 1.165) is 0 Å². The van der Waals surface area contributed by atoms with Gasteiger partial charge >= 0.3 is 10.4 Å². The molecular formula is C4H11NO4S. The molecule has 0 bridgehead atoms. The highest BCUT2D eigenvalue weighted by molar-refractivity contribution is 7.80. The fourth-order valence-electron chi connectivity index (χ4n) is 0.325. The first kappa shape index (κ1) is 9.83. The lowest BCUT2D eigenvalue weighted by atomic mass is 10.6. The van der Waals surface area contributed by atoms with Crippen LogP contribution < -0.4 is 0 Å². The second-order valence-electron chi connectivity index (χ2n) is 2.05. The molecule has 0 unspecified atom stereocenters. The summed E-state index contributed by atoms with van der Waals surface area (Å²) in [4.78, 5) is 1.74. The molecule has 0 amide bonds. The maximum atomic E-state index is 9.93. The summed E-state index contributed by atoms with van der Waals surface area (Å²) in [5.74, 6) is 0. The average Bonchev–Trinajstić information content (AvgIpc) is 1.59. The highest BCUT2D eigenvalue weighted by Crippen LogP contribution is 1.85. The third-order valence-corrected chi connectivity index (χ3v) is 1.24. The van der Waals surface area contributed by atoms with Crippen LogP contribution in [0.3, 0.4) is 0 Å². The second kappa shape index (κ2) is 3.87. The predicted octanol–water partition coefficient (Wildman–Crippen LogP) is -0.633. The molecule has 0 radical (unpaired) electrons. The Hall–Kier alpha value is -0.170. The predicted molar refractivity (Wildman–Crippen MR) is 36.1 cm³/mol. The van der Waals surface area contributed by atoms with E-state index in [9.17, 15) is 8.42 Å². The minimum absolute atomic E-state index is 0.0220. The summed E-state index contributed by atoms with van der Waals surface area (Å²) >= 11 is 0. The van der Waals surface area contributed by atoms with Crippen molar-refractivity contribution in [1.29, 1.82) is 0 Å². The van der Waals surface area contributed by atoms with Gasteiger partial charge in [0.15, 0.2) is 0 Å². The Kier molecular flexibility index (Phi) is 3.80. The first-order chi connectivity index (χ1) is 4.42. The molecule has 6 heteroatoms. The summed E-state index contributed by atoms with van der Waals surface area (Å²) in [5.41, 5.74) is 0. The van der Waals surface area contributed by atoms with E-state index in [4.69, 9.17) is 4.55 Å². The zero-order valence-electron chi connectivity index (χ0n) is 5.94. The van der Waals surface area contributed by atoms with Gasteiger partial charge in [0.25, 0.3) is 0 Å². The highest BCUT2D eigenvalue weighted by Gasteiger charge is 2.02. The zero-order chi connectivity index (χ0) is 8.20. The van der Waals surface area contributed by atoms with E-state index in [0.29, 0.717) is 6.54 Å². The molecule has 1 N–H and O–H groups in total. The van der Waals surface area contributed by atoms with Gasteiger partial charge in [-0.1, -0.05) is 0 Å². The van der Waals surface area contributed by atoms with Gasteiger partial charge in [-0.25, -0.2) is 4.18 Å². The zero-order valence-corrected chi connectivity index (χ0v) is 6.76. The minimum atomic E-state index is -4.25. The standard InChI is InChI=1S/C4H11NO4S/c1-5(2)3-4-9-10(6,7)8/h3-4H2,1-2H3,(H,6,7,8). The molecule has 0 aromatic heterocycles. The molecule has 0 aromatic carbocycles. The second-order valence-corrected chi connectivity index (χ2v) is 3.14. The van der Waals surface area contributed by atoms with Crippen LogP contribution >= 0.6 is 0 Å². The monoisotopic (exact) mass is 169 g/mol. The summed E-state index contributed by atoms with van der Waals surface area (Å²) in [7, 11) is -0.704. The van der Waals surface area contributed by atoms with Crippen LogP contribution in [-0.4, -0.2) is 45.1 Å². The normalized spacial score (nSPS) is 12.4. The Morgan fingerprint density at radius 3 is 2.30 bits per heavy atom. The van der Waals surface area contributed by atoms with Gasteiger partial charge in [-0.3, -0.25) is 4.55 Å². The lowest BCUT2D eigenvalue weighted by Gasteiger charge is -2.06. The first-order valence-corrected chi connectivity index (χ1v) is 4.05. The highest BCUT2D eigenvalue weighted by atomic mass is 32.3. The van der Waals surface area contributed by atoms with Crippen molar-refractivity contribution < 1.29 is 17.2 Å². The third kappa shape index (κ3) is 7.83. The van der Waals surface area contributed by atoms with E-state index in [1.807, 2.05) is 0 Å². The summed E-state index contributed by atoms with van der Waals surface area (Å²) in [5, 5.41) is 0. The maximum Gasteiger partial charge on any atom is 0.397 e. The van der Waals surface area contributed by atoms with Crippen LogP contribution in [0.15, 0.2) is 0 Å². The summed E-state index contributed by atoms with van der Waals surface area (Å²) < 4.78 is 31.9. The number of likely N-dealkylation sites (N-methyl/N-ethyl adjacent to an activating group) is 1. The molecule has 0 saturated carbocycles. The summed E-state index contributed by atoms with van der Waals surface area (Å²) in [6.45, 7) is 0.436. The Balaban J connectivity index is 3.39. The topological polar surface area (TPSA) is 66.8 Å². The fraction of sp³-hybridized carbons (Fsp3) is 1.00. The SMILES string of the molecule is CN(C)CCOS(=O)(=O)O. The molecule has 0 fully saturated rings. The minimum Gasteiger partial charge on any atom is -0.307 e. The number of nitrogens with zero attached hydrogens (tertiary/aromatic N) is 1. The van der Waals surface area contributed by atoms with Gasteiger partial charge in [-0.05, 0) is 14.1 Å². The number of rotatable bonds is 4. The van der Waals surface area contributed by atoms with Crippen molar-refractivity contribution in [3.05, 3.63) is 0 Å². The molecule has 0 atom stereocenters. The van der Waals surface area contributed by atoms with Gasteiger partial charge in [0, 0.05) is 6.54 Å². The van der Waals surface area contributed by atoms with Gasteiger partial charge in [0.1, 0.15) is 0 Å². The van der Waals surface area contributed by atoms with Crippen molar-refractivity contribution in [2.45, 2.75) is 0 Å². The van der Waals surface area contributed by atoms with Gasteiger partial charge in [-0.2, -0.15) is 8.42 Å². The Bertz CT molecular complexity index is 174. The van der Waals surface area contributed by atoms with E-state index in [-0.39, 0.29) is 6.61 Å². The molecule has 10 heavy (non-hydrogen) atoms. The van der Waals surface area contributed by atoms with Gasteiger partial charge in [0.2, 0.25) is 0 Å². The molecule has 0 spiro atoms. The van der Waals surface area contributed by atoms with Crippen LogP contribution in [0.1, 0.15) is 0 Å². The molecule has 0 saturated heterocycles. The van der Waals surface area contributed by atoms with E-state index >= 15 is 0 Å². The third-order valence-electron chi connectivity index (χ3n) is 0.771. The Morgan fingerprint density at radius 1 is 1.50 bits per heavy atom. The van der Waals surface area contributed by atoms with Crippen molar-refractivity contribution in [2.75, 3.05) is 27.2 Å². The quantitative estimate of drug-likeness (QED) is 0.567. The van der Waals surface area contributed by atoms with Crippen LogP contribution in [0.2, 0.25) is 0 Å². The van der Waals surface area contributed by atoms with Crippen LogP contribution in [0.5, 0.6) is 0 Å². The Labute approximate surface area is 60.5 Å². The molecule has 0 aromatic rings. The molecule has 0 aliphatic rings. The summed E-state index contributed by atoms with van der Waals surface area (Å²) in [6, 6.07) is 0. The maximum absolute atomic E-state index is 9.93. The molecule has 0 rings (SSSR count). The summed E-state index contributed by atoms with van der Waals surface area (Å²) in [6.07, 6.45) is 0. The molecule has 5 nitrogen and oxygen atoms in total. The average molecular weight is 169 g/mol. The number of hydrogen-bond donors (Lipinski definition) is 1. The molecule has 62 valence electrons. The van der Waals surface area contributed by atoms with Gasteiger partial charge < -0.3 is 4.90 Å². The molecule has 0 aliphatic heterocycles. The van der Waals surface area contributed by atoms with Gasteiger partial charge in [-0.15, -0.1) is 0 Å². The lowest BCUT2D eigenvalue weighted by molar-refractivity contribution is 0.235. The molecule has 0 heterocycles. The lowest BCUT2D eigenvalue weighted by Crippen LogP contribution is -2.19. The smallest absolute Gasteiger partial charge is 0.307 e. The van der Waals surface area contributed by atoms with E-state index in [1.54, 1.807) is 19.0 Å². The van der Waals surface area contributed by atoms with Crippen molar-refractivity contribution in [2.24, 2.45) is 0 Å². The van der Waals surface area contributed by atoms with Crippen molar-refractivity contribution in [3.8, 4) is 0 Å². The Morgan fingerprint density at radius 2 is 2.00 bits per heavy atom. The van der Waals surface area contributed by atoms with E-state index in [1.165, 1.54) is 0 Å². The van der Waals surface area contributed by atoms with Crippen LogP contribution in [-0.2, 0) is 14.6 Å². The molecule has 0 aliphatic carbocycles. The molecular weight excluding hydrogens is 158 g/mol. The van der Waals surface area contributed by atoms with Crippen LogP contribution in [0.4, 0.5) is 0 Å².